The minimum Gasteiger partial charge on any atom is -0.496 e. The number of nitrogens with zero attached hydrogens (tertiary/aromatic N) is 3. The molecule has 1 heterocycles. The van der Waals surface area contributed by atoms with E-state index in [9.17, 15) is 14.9 Å². The molecule has 1 aliphatic rings. The van der Waals surface area contributed by atoms with Crippen LogP contribution in [0.4, 0.5) is 0 Å². The summed E-state index contributed by atoms with van der Waals surface area (Å²) in [6, 6.07) is 8.71. The molecule has 1 aliphatic heterocycles. The van der Waals surface area contributed by atoms with Gasteiger partial charge in [-0.3, -0.25) is 9.59 Å². The van der Waals surface area contributed by atoms with Gasteiger partial charge in [-0.05, 0) is 38.3 Å². The fourth-order valence-corrected chi connectivity index (χ4v) is 3.06. The summed E-state index contributed by atoms with van der Waals surface area (Å²) >= 11 is 0. The fraction of sp³-hybridized carbons (Fsp3) is 0.526. The van der Waals surface area contributed by atoms with Crippen molar-refractivity contribution >= 4 is 11.8 Å². The summed E-state index contributed by atoms with van der Waals surface area (Å²) in [5, 5.41) is 9.19. The number of benzene rings is 1. The number of para-hydroxylation sites is 1. The van der Waals surface area contributed by atoms with Crippen molar-refractivity contribution in [1.29, 1.82) is 5.26 Å². The molecule has 2 rings (SSSR count). The van der Waals surface area contributed by atoms with Gasteiger partial charge in [0.2, 0.25) is 5.91 Å². The van der Waals surface area contributed by atoms with Gasteiger partial charge in [0.05, 0.1) is 18.7 Å². The van der Waals surface area contributed by atoms with Crippen LogP contribution in [0, 0.1) is 11.3 Å². The molecule has 1 fully saturated rings. The Morgan fingerprint density at radius 3 is 2.80 bits per heavy atom. The fourth-order valence-electron chi connectivity index (χ4n) is 3.06. The lowest BCUT2D eigenvalue weighted by Gasteiger charge is -2.31. The summed E-state index contributed by atoms with van der Waals surface area (Å²) in [5.41, 5.74) is 0.441. The summed E-state index contributed by atoms with van der Waals surface area (Å²) < 4.78 is 5.28. The molecule has 1 aromatic rings. The number of carbonyl (C=O) groups is 2. The van der Waals surface area contributed by atoms with Crippen molar-refractivity contribution in [3.63, 3.8) is 0 Å². The molecule has 25 heavy (non-hydrogen) atoms. The summed E-state index contributed by atoms with van der Waals surface area (Å²) in [4.78, 5) is 28.9. The molecule has 2 amide bonds. The van der Waals surface area contributed by atoms with Crippen LogP contribution in [0.15, 0.2) is 24.3 Å². The summed E-state index contributed by atoms with van der Waals surface area (Å²) in [5.74, 6) is 0.0878. The zero-order valence-electron chi connectivity index (χ0n) is 15.1. The van der Waals surface area contributed by atoms with Crippen LogP contribution >= 0.6 is 0 Å². The molecule has 0 aromatic heterocycles. The molecule has 1 aromatic carbocycles. The third-order valence-electron chi connectivity index (χ3n) is 4.75. The minimum atomic E-state index is -0.382. The van der Waals surface area contributed by atoms with Gasteiger partial charge in [-0.15, -0.1) is 0 Å². The number of likely N-dealkylation sites (tertiary alicyclic amines) is 1. The summed E-state index contributed by atoms with van der Waals surface area (Å²) in [6.07, 6.45) is 2.26. The highest BCUT2D eigenvalue weighted by molar-refractivity contribution is 5.99. The lowest BCUT2D eigenvalue weighted by atomic mass is 10.1. The molecule has 6 heteroatoms. The highest BCUT2D eigenvalue weighted by Crippen LogP contribution is 2.22. The molecule has 134 valence electrons. The van der Waals surface area contributed by atoms with E-state index in [4.69, 9.17) is 4.74 Å². The van der Waals surface area contributed by atoms with Gasteiger partial charge in [0, 0.05) is 12.6 Å². The van der Waals surface area contributed by atoms with Gasteiger partial charge in [0.1, 0.15) is 18.3 Å². The van der Waals surface area contributed by atoms with Gasteiger partial charge >= 0.3 is 0 Å². The van der Waals surface area contributed by atoms with E-state index in [1.807, 2.05) is 13.8 Å². The Hall–Kier alpha value is -2.55. The maximum atomic E-state index is 13.0. The topological polar surface area (TPSA) is 73.6 Å². The second-order valence-corrected chi connectivity index (χ2v) is 6.26. The predicted octanol–water partition coefficient (Wildman–Crippen LogP) is 2.45. The first-order valence-corrected chi connectivity index (χ1v) is 8.66. The molecule has 1 unspecified atom stereocenters. The van der Waals surface area contributed by atoms with Crippen molar-refractivity contribution < 1.29 is 14.3 Å². The molecule has 0 bridgehead atoms. The molecule has 1 saturated heterocycles. The van der Waals surface area contributed by atoms with Crippen LogP contribution in [0.25, 0.3) is 0 Å². The van der Waals surface area contributed by atoms with E-state index in [1.54, 1.807) is 34.1 Å². The first-order chi connectivity index (χ1) is 12.0. The zero-order valence-corrected chi connectivity index (χ0v) is 15.1. The second-order valence-electron chi connectivity index (χ2n) is 6.26. The molecule has 0 saturated carbocycles. The maximum Gasteiger partial charge on any atom is 0.258 e. The van der Waals surface area contributed by atoms with Crippen LogP contribution in [-0.4, -0.2) is 53.9 Å². The first kappa shape index (κ1) is 18.8. The normalized spacial score (nSPS) is 17.7. The number of rotatable bonds is 6. The van der Waals surface area contributed by atoms with Gasteiger partial charge in [-0.25, -0.2) is 0 Å². The number of hydrogen-bond acceptors (Lipinski definition) is 4. The number of ether oxygens (including phenoxy) is 1. The molecular formula is C19H25N3O3. The number of carbonyl (C=O) groups excluding carboxylic acids is 2. The maximum absolute atomic E-state index is 13.0. The Balaban J connectivity index is 2.23. The smallest absolute Gasteiger partial charge is 0.258 e. The van der Waals surface area contributed by atoms with Crippen LogP contribution in [0.3, 0.4) is 0 Å². The Morgan fingerprint density at radius 1 is 1.44 bits per heavy atom. The van der Waals surface area contributed by atoms with E-state index in [-0.39, 0.29) is 30.4 Å². The number of methoxy groups -OCH3 is 1. The average molecular weight is 343 g/mol. The quantitative estimate of drug-likeness (QED) is 0.795. The molecule has 2 atom stereocenters. The van der Waals surface area contributed by atoms with Crippen LogP contribution in [0.5, 0.6) is 5.75 Å². The molecule has 0 N–H and O–H groups in total. The number of hydrogen-bond donors (Lipinski definition) is 0. The van der Waals surface area contributed by atoms with Crippen molar-refractivity contribution in [2.75, 3.05) is 20.2 Å². The molecule has 0 aliphatic carbocycles. The van der Waals surface area contributed by atoms with Crippen molar-refractivity contribution in [3.05, 3.63) is 29.8 Å². The summed E-state index contributed by atoms with van der Waals surface area (Å²) in [6.45, 7) is 4.45. The van der Waals surface area contributed by atoms with Crippen molar-refractivity contribution in [1.82, 2.24) is 9.80 Å². The number of nitriles is 1. The lowest BCUT2D eigenvalue weighted by molar-refractivity contribution is -0.132. The van der Waals surface area contributed by atoms with E-state index in [0.29, 0.717) is 24.3 Å². The molecule has 0 spiro atoms. The van der Waals surface area contributed by atoms with Gasteiger partial charge in [-0.1, -0.05) is 19.1 Å². The Morgan fingerprint density at radius 2 is 2.16 bits per heavy atom. The van der Waals surface area contributed by atoms with Crippen molar-refractivity contribution in [3.8, 4) is 11.8 Å². The Bertz CT molecular complexity index is 668. The van der Waals surface area contributed by atoms with Crippen LogP contribution in [0.2, 0.25) is 0 Å². The predicted molar refractivity (Wildman–Crippen MR) is 94.1 cm³/mol. The van der Waals surface area contributed by atoms with Crippen molar-refractivity contribution in [2.24, 2.45) is 0 Å². The highest BCUT2D eigenvalue weighted by Gasteiger charge is 2.32. The SMILES string of the molecule is CCC(C)N(CC(=O)N1CCC[C@H]1C#N)C(=O)c1ccccc1OC. The third-order valence-corrected chi connectivity index (χ3v) is 4.75. The van der Waals surface area contributed by atoms with E-state index >= 15 is 0 Å². The monoisotopic (exact) mass is 343 g/mol. The van der Waals surface area contributed by atoms with Gasteiger partial charge in [-0.2, -0.15) is 5.26 Å². The van der Waals surface area contributed by atoms with Crippen LogP contribution < -0.4 is 4.74 Å². The van der Waals surface area contributed by atoms with E-state index in [1.165, 1.54) is 7.11 Å². The van der Waals surface area contributed by atoms with E-state index < -0.39 is 0 Å². The molecule has 0 radical (unpaired) electrons. The molecule has 6 nitrogen and oxygen atoms in total. The second kappa shape index (κ2) is 8.52. The zero-order chi connectivity index (χ0) is 18.4. The van der Waals surface area contributed by atoms with Gasteiger partial charge < -0.3 is 14.5 Å². The van der Waals surface area contributed by atoms with Gasteiger partial charge in [0.25, 0.3) is 5.91 Å². The highest BCUT2D eigenvalue weighted by atomic mass is 16.5. The standard InChI is InChI=1S/C19H25N3O3/c1-4-14(2)22(13-18(23)21-11-7-8-15(21)12-20)19(24)16-9-5-6-10-17(16)25-3/h5-6,9-10,14-15H,4,7-8,11,13H2,1-3H3/t14?,15-/m0/s1. The Labute approximate surface area is 149 Å². The molecular weight excluding hydrogens is 318 g/mol. The largest absolute Gasteiger partial charge is 0.496 e. The van der Waals surface area contributed by atoms with E-state index in [2.05, 4.69) is 6.07 Å². The van der Waals surface area contributed by atoms with Gasteiger partial charge in [0.15, 0.2) is 0 Å². The average Bonchev–Trinajstić information content (AvgIpc) is 3.13. The Kier molecular flexibility index (Phi) is 6.40. The van der Waals surface area contributed by atoms with Crippen LogP contribution in [-0.2, 0) is 4.79 Å². The number of amides is 2. The van der Waals surface area contributed by atoms with Crippen molar-refractivity contribution in [2.45, 2.75) is 45.2 Å². The lowest BCUT2D eigenvalue weighted by Crippen LogP contribution is -2.47. The summed E-state index contributed by atoms with van der Waals surface area (Å²) in [7, 11) is 1.52. The third kappa shape index (κ3) is 4.11. The van der Waals surface area contributed by atoms with E-state index in [0.717, 1.165) is 12.8 Å². The van der Waals surface area contributed by atoms with Crippen LogP contribution in [0.1, 0.15) is 43.5 Å². The minimum absolute atomic E-state index is 0.0237. The first-order valence-electron chi connectivity index (χ1n) is 8.66.